The Morgan fingerprint density at radius 2 is 2.19 bits per heavy atom. The van der Waals surface area contributed by atoms with Gasteiger partial charge in [-0.15, -0.1) is 0 Å². The third-order valence-corrected chi connectivity index (χ3v) is 5.26. The van der Waals surface area contributed by atoms with Gasteiger partial charge >= 0.3 is 0 Å². The third-order valence-electron chi connectivity index (χ3n) is 4.92. The summed E-state index contributed by atoms with van der Waals surface area (Å²) in [5.41, 5.74) is 1.60. The van der Waals surface area contributed by atoms with Crippen LogP contribution in [0.1, 0.15) is 46.6 Å². The van der Waals surface area contributed by atoms with Crippen molar-refractivity contribution in [2.45, 2.75) is 59.2 Å². The Bertz CT molecular complexity index is 483. The molecule has 1 fully saturated rings. The van der Waals surface area contributed by atoms with Crippen LogP contribution in [0, 0.1) is 5.41 Å². The minimum absolute atomic E-state index is 0.175. The number of hydrogen-bond acceptors (Lipinski definition) is 3. The first kappa shape index (κ1) is 16.7. The van der Waals surface area contributed by atoms with Crippen molar-refractivity contribution in [3.63, 3.8) is 0 Å². The van der Waals surface area contributed by atoms with Crippen molar-refractivity contribution < 1.29 is 0 Å². The lowest BCUT2D eigenvalue weighted by atomic mass is 9.81. The van der Waals surface area contributed by atoms with Gasteiger partial charge in [-0.05, 0) is 30.4 Å². The second-order valence-electron chi connectivity index (χ2n) is 7.50. The molecule has 0 radical (unpaired) electrons. The summed E-state index contributed by atoms with van der Waals surface area (Å²) >= 11 is 6.30. The first-order valence-corrected chi connectivity index (χ1v) is 8.21. The molecule has 2 rings (SSSR count). The Morgan fingerprint density at radius 3 is 2.76 bits per heavy atom. The van der Waals surface area contributed by atoms with Crippen molar-refractivity contribution in [1.29, 1.82) is 0 Å². The van der Waals surface area contributed by atoms with Crippen LogP contribution in [0.15, 0.2) is 18.5 Å². The third kappa shape index (κ3) is 3.77. The molecule has 3 nitrogen and oxygen atoms in total. The van der Waals surface area contributed by atoms with Gasteiger partial charge in [0.05, 0.1) is 5.02 Å². The summed E-state index contributed by atoms with van der Waals surface area (Å²) in [6.07, 6.45) is 4.69. The highest BCUT2D eigenvalue weighted by molar-refractivity contribution is 6.31. The predicted octanol–water partition coefficient (Wildman–Crippen LogP) is 3.72. The van der Waals surface area contributed by atoms with E-state index in [4.69, 9.17) is 11.6 Å². The van der Waals surface area contributed by atoms with Crippen molar-refractivity contribution in [3.05, 3.63) is 29.0 Å². The average molecular weight is 310 g/mol. The van der Waals surface area contributed by atoms with Crippen LogP contribution in [-0.2, 0) is 6.54 Å². The summed E-state index contributed by atoms with van der Waals surface area (Å²) in [6.45, 7) is 14.5. The van der Waals surface area contributed by atoms with Crippen molar-refractivity contribution in [2.75, 3.05) is 13.1 Å². The van der Waals surface area contributed by atoms with Gasteiger partial charge in [-0.2, -0.15) is 0 Å². The normalized spacial score (nSPS) is 27.8. The fourth-order valence-corrected chi connectivity index (χ4v) is 3.06. The van der Waals surface area contributed by atoms with Crippen molar-refractivity contribution >= 4 is 11.6 Å². The average Bonchev–Trinajstić information content (AvgIpc) is 2.42. The molecule has 0 saturated carbocycles. The van der Waals surface area contributed by atoms with E-state index >= 15 is 0 Å². The van der Waals surface area contributed by atoms with Crippen LogP contribution in [-0.4, -0.2) is 34.6 Å². The molecule has 0 aromatic carbocycles. The highest BCUT2D eigenvalue weighted by atomic mass is 35.5. The van der Waals surface area contributed by atoms with E-state index in [1.54, 1.807) is 6.20 Å². The minimum Gasteiger partial charge on any atom is -0.310 e. The maximum absolute atomic E-state index is 6.30. The Kier molecular flexibility index (Phi) is 4.96. The number of hydrogen-bond donors (Lipinski definition) is 1. The molecule has 2 unspecified atom stereocenters. The van der Waals surface area contributed by atoms with Crippen molar-refractivity contribution in [2.24, 2.45) is 5.41 Å². The zero-order chi connectivity index (χ0) is 15.7. The Labute approximate surface area is 134 Å². The zero-order valence-corrected chi connectivity index (χ0v) is 14.7. The summed E-state index contributed by atoms with van der Waals surface area (Å²) in [7, 11) is 0. The summed E-state index contributed by atoms with van der Waals surface area (Å²) < 4.78 is 0. The number of pyridine rings is 1. The molecular formula is C17H28ClN3. The highest BCUT2D eigenvalue weighted by Gasteiger charge is 2.40. The van der Waals surface area contributed by atoms with Crippen molar-refractivity contribution in [1.82, 2.24) is 15.2 Å². The van der Waals surface area contributed by atoms with Crippen molar-refractivity contribution in [3.8, 4) is 0 Å². The summed E-state index contributed by atoms with van der Waals surface area (Å²) in [6, 6.07) is 2.53. The Hall–Kier alpha value is -0.640. The number of piperazine rings is 1. The number of nitrogens with one attached hydrogen (secondary N) is 1. The summed E-state index contributed by atoms with van der Waals surface area (Å²) in [5, 5.41) is 4.51. The molecule has 2 atom stereocenters. The van der Waals surface area contributed by atoms with Gasteiger partial charge in [0.25, 0.3) is 0 Å². The molecule has 1 N–H and O–H groups in total. The molecule has 4 heteroatoms. The topological polar surface area (TPSA) is 28.2 Å². The van der Waals surface area contributed by atoms with Gasteiger partial charge in [-0.1, -0.05) is 39.3 Å². The predicted molar refractivity (Wildman–Crippen MR) is 89.6 cm³/mol. The summed E-state index contributed by atoms with van der Waals surface area (Å²) in [5.74, 6) is 0. The largest absolute Gasteiger partial charge is 0.310 e. The maximum Gasteiger partial charge on any atom is 0.0634 e. The van der Waals surface area contributed by atoms with Gasteiger partial charge < -0.3 is 5.32 Å². The first-order chi connectivity index (χ1) is 9.76. The fraction of sp³-hybridized carbons (Fsp3) is 0.706. The summed E-state index contributed by atoms with van der Waals surface area (Å²) in [4.78, 5) is 6.67. The van der Waals surface area contributed by atoms with E-state index in [0.717, 1.165) is 31.1 Å². The lowest BCUT2D eigenvalue weighted by molar-refractivity contribution is 0.0157. The van der Waals surface area contributed by atoms with Gasteiger partial charge in [-0.3, -0.25) is 9.88 Å². The minimum atomic E-state index is 0.175. The standard InChI is InChI=1S/C17H28ClN3/c1-6-17(5)12-20-15(16(2,3)4)11-21(17)10-13-7-8-19-9-14(13)18/h7-9,15,20H,6,10-12H2,1-5H3. The molecule has 1 aliphatic rings. The molecule has 2 heterocycles. The Balaban J connectivity index is 2.21. The van der Waals surface area contributed by atoms with E-state index in [9.17, 15) is 0 Å². The van der Waals surface area contributed by atoms with Gasteiger partial charge in [0.2, 0.25) is 0 Å². The molecule has 1 aromatic heterocycles. The second kappa shape index (κ2) is 6.23. The Morgan fingerprint density at radius 1 is 1.48 bits per heavy atom. The van der Waals surface area contributed by atoms with Gasteiger partial charge in [0.15, 0.2) is 0 Å². The molecule has 118 valence electrons. The molecule has 0 spiro atoms. The molecule has 21 heavy (non-hydrogen) atoms. The van der Waals surface area contributed by atoms with E-state index < -0.39 is 0 Å². The van der Waals surface area contributed by atoms with E-state index in [2.05, 4.69) is 49.8 Å². The van der Waals surface area contributed by atoms with Crippen LogP contribution >= 0.6 is 11.6 Å². The molecule has 1 aliphatic heterocycles. The maximum atomic E-state index is 6.30. The van der Waals surface area contributed by atoms with Gasteiger partial charge in [0, 0.05) is 43.6 Å². The number of halogens is 1. The molecule has 1 saturated heterocycles. The van der Waals surface area contributed by atoms with Crippen LogP contribution in [0.5, 0.6) is 0 Å². The molecular weight excluding hydrogens is 282 g/mol. The van der Waals surface area contributed by atoms with E-state index in [0.29, 0.717) is 6.04 Å². The molecule has 0 amide bonds. The van der Waals surface area contributed by atoms with Crippen LogP contribution < -0.4 is 5.32 Å². The van der Waals surface area contributed by atoms with E-state index in [-0.39, 0.29) is 11.0 Å². The first-order valence-electron chi connectivity index (χ1n) is 7.83. The smallest absolute Gasteiger partial charge is 0.0634 e. The molecule has 0 aliphatic carbocycles. The molecule has 1 aromatic rings. The number of aromatic nitrogens is 1. The fourth-order valence-electron chi connectivity index (χ4n) is 2.88. The van der Waals surface area contributed by atoms with Crippen LogP contribution in [0.3, 0.4) is 0 Å². The monoisotopic (exact) mass is 309 g/mol. The zero-order valence-electron chi connectivity index (χ0n) is 13.9. The van der Waals surface area contributed by atoms with Crippen LogP contribution in [0.2, 0.25) is 5.02 Å². The van der Waals surface area contributed by atoms with Crippen LogP contribution in [0.25, 0.3) is 0 Å². The SMILES string of the molecule is CCC1(C)CNC(C(C)(C)C)CN1Cc1ccncc1Cl. The second-order valence-corrected chi connectivity index (χ2v) is 7.90. The number of nitrogens with zero attached hydrogens (tertiary/aromatic N) is 2. The van der Waals surface area contributed by atoms with Gasteiger partial charge in [-0.25, -0.2) is 0 Å². The van der Waals surface area contributed by atoms with Crippen LogP contribution in [0.4, 0.5) is 0 Å². The quantitative estimate of drug-likeness (QED) is 0.922. The van der Waals surface area contributed by atoms with E-state index in [1.165, 1.54) is 5.56 Å². The highest BCUT2D eigenvalue weighted by Crippen LogP contribution is 2.31. The number of rotatable bonds is 3. The van der Waals surface area contributed by atoms with Gasteiger partial charge in [0.1, 0.15) is 0 Å². The van der Waals surface area contributed by atoms with E-state index in [1.807, 2.05) is 12.3 Å². The lowest BCUT2D eigenvalue weighted by Gasteiger charge is -2.51. The molecule has 0 bridgehead atoms. The lowest BCUT2D eigenvalue weighted by Crippen LogP contribution is -2.65.